The molecule has 2 aromatic carbocycles. The molecule has 164 valence electrons. The molecule has 2 heterocycles. The highest BCUT2D eigenvalue weighted by molar-refractivity contribution is 7.89. The Labute approximate surface area is 190 Å². The van der Waals surface area contributed by atoms with Crippen LogP contribution in [-0.2, 0) is 10.0 Å². The molecule has 4 rings (SSSR count). The summed E-state index contributed by atoms with van der Waals surface area (Å²) in [6.45, 7) is 4.36. The molecule has 0 unspecified atom stereocenters. The fourth-order valence-corrected chi connectivity index (χ4v) is 5.68. The number of anilines is 1. The second kappa shape index (κ2) is 9.15. The molecule has 1 N–H and O–H groups in total. The lowest BCUT2D eigenvalue weighted by Gasteiger charge is -2.18. The van der Waals surface area contributed by atoms with Crippen LogP contribution in [0.5, 0.6) is 0 Å². The molecule has 0 spiro atoms. The van der Waals surface area contributed by atoms with Gasteiger partial charge in [-0.05, 0) is 48.5 Å². The first kappa shape index (κ1) is 22.1. The lowest BCUT2D eigenvalue weighted by molar-refractivity contribution is 0.102. The molecule has 0 atom stereocenters. The summed E-state index contributed by atoms with van der Waals surface area (Å²) in [6.07, 6.45) is 1.67. The number of carbonyl (C=O) groups excluding carboxylic acids is 1. The smallest absolute Gasteiger partial charge is 0.256 e. The van der Waals surface area contributed by atoms with E-state index in [0.717, 1.165) is 20.8 Å². The third kappa shape index (κ3) is 4.40. The van der Waals surface area contributed by atoms with Crippen molar-refractivity contribution in [2.24, 2.45) is 0 Å². The zero-order chi connectivity index (χ0) is 22.7. The second-order valence-electron chi connectivity index (χ2n) is 6.99. The summed E-state index contributed by atoms with van der Waals surface area (Å²) >= 11 is 1.58. The molecule has 0 aliphatic rings. The summed E-state index contributed by atoms with van der Waals surface area (Å²) in [5, 5.41) is 3.60. The van der Waals surface area contributed by atoms with Gasteiger partial charge in [0, 0.05) is 30.4 Å². The van der Waals surface area contributed by atoms with Crippen LogP contribution in [0.2, 0.25) is 0 Å². The molecule has 0 radical (unpaired) electrons. The summed E-state index contributed by atoms with van der Waals surface area (Å²) < 4.78 is 27.6. The van der Waals surface area contributed by atoms with Gasteiger partial charge in [0.2, 0.25) is 10.0 Å². The van der Waals surface area contributed by atoms with Crippen LogP contribution in [0.1, 0.15) is 24.2 Å². The molecular weight excluding hydrogens is 444 g/mol. The second-order valence-corrected chi connectivity index (χ2v) is 9.96. The molecule has 9 heteroatoms. The third-order valence-corrected chi connectivity index (χ3v) is 8.16. The summed E-state index contributed by atoms with van der Waals surface area (Å²) in [7, 11) is -3.56. The Hall–Kier alpha value is -3.14. The van der Waals surface area contributed by atoms with E-state index in [9.17, 15) is 13.2 Å². The van der Waals surface area contributed by atoms with Crippen molar-refractivity contribution in [2.45, 2.75) is 18.7 Å². The Morgan fingerprint density at radius 3 is 2.34 bits per heavy atom. The van der Waals surface area contributed by atoms with Gasteiger partial charge in [-0.1, -0.05) is 26.0 Å². The highest BCUT2D eigenvalue weighted by Crippen LogP contribution is 2.29. The number of hydrogen-bond acceptors (Lipinski definition) is 6. The Kier molecular flexibility index (Phi) is 6.31. The van der Waals surface area contributed by atoms with Crippen molar-refractivity contribution in [3.63, 3.8) is 0 Å². The van der Waals surface area contributed by atoms with Crippen molar-refractivity contribution in [1.29, 1.82) is 0 Å². The number of nitrogens with one attached hydrogen (secondary N) is 1. The van der Waals surface area contributed by atoms with E-state index in [-0.39, 0.29) is 10.8 Å². The van der Waals surface area contributed by atoms with Gasteiger partial charge in [-0.2, -0.15) is 4.31 Å². The van der Waals surface area contributed by atoms with E-state index in [0.29, 0.717) is 24.5 Å². The Bertz CT molecular complexity index is 1310. The van der Waals surface area contributed by atoms with E-state index in [1.165, 1.54) is 28.6 Å². The molecule has 0 aliphatic heterocycles. The van der Waals surface area contributed by atoms with Crippen LogP contribution in [0.25, 0.3) is 20.8 Å². The lowest BCUT2D eigenvalue weighted by Crippen LogP contribution is -2.30. The number of carbonyl (C=O) groups is 1. The normalized spacial score (nSPS) is 11.7. The Balaban J connectivity index is 1.47. The number of aromatic nitrogens is 2. The Morgan fingerprint density at radius 2 is 1.72 bits per heavy atom. The van der Waals surface area contributed by atoms with Crippen LogP contribution >= 0.6 is 11.3 Å². The van der Waals surface area contributed by atoms with Gasteiger partial charge in [0.25, 0.3) is 5.91 Å². The van der Waals surface area contributed by atoms with Gasteiger partial charge in [-0.3, -0.25) is 4.79 Å². The molecule has 0 aliphatic carbocycles. The first-order chi connectivity index (χ1) is 15.4. The fraction of sp³-hybridized carbons (Fsp3) is 0.174. The fourth-order valence-electron chi connectivity index (χ4n) is 3.27. The zero-order valence-corrected chi connectivity index (χ0v) is 19.3. The number of sulfonamides is 1. The van der Waals surface area contributed by atoms with Crippen molar-refractivity contribution >= 4 is 43.3 Å². The minimum absolute atomic E-state index is 0.163. The van der Waals surface area contributed by atoms with Crippen molar-refractivity contribution in [3.8, 4) is 10.6 Å². The van der Waals surface area contributed by atoms with Crippen molar-refractivity contribution < 1.29 is 13.2 Å². The van der Waals surface area contributed by atoms with Crippen LogP contribution < -0.4 is 5.32 Å². The van der Waals surface area contributed by atoms with Crippen molar-refractivity contribution in [2.75, 3.05) is 18.4 Å². The maximum atomic E-state index is 12.6. The number of nitrogens with zero attached hydrogens (tertiary/aromatic N) is 3. The van der Waals surface area contributed by atoms with Gasteiger partial charge in [0.05, 0.1) is 15.1 Å². The minimum atomic E-state index is -3.56. The molecule has 2 aromatic heterocycles. The predicted molar refractivity (Wildman–Crippen MR) is 127 cm³/mol. The summed E-state index contributed by atoms with van der Waals surface area (Å²) in [6, 6.07) is 17.4. The number of fused-ring (bicyclic) bond motifs is 1. The molecule has 0 saturated heterocycles. The summed E-state index contributed by atoms with van der Waals surface area (Å²) in [5.74, 6) is 0.0386. The first-order valence-electron chi connectivity index (χ1n) is 10.2. The highest BCUT2D eigenvalue weighted by Gasteiger charge is 2.21. The minimum Gasteiger partial charge on any atom is -0.307 e. The van der Waals surface area contributed by atoms with Crippen LogP contribution in [0.15, 0.2) is 71.8 Å². The van der Waals surface area contributed by atoms with Gasteiger partial charge in [0.15, 0.2) is 0 Å². The van der Waals surface area contributed by atoms with E-state index < -0.39 is 10.0 Å². The van der Waals surface area contributed by atoms with Crippen LogP contribution in [0.4, 0.5) is 5.82 Å². The predicted octanol–water partition coefficient (Wildman–Crippen LogP) is 4.64. The summed E-state index contributed by atoms with van der Waals surface area (Å²) in [5.41, 5.74) is 2.16. The number of rotatable bonds is 7. The van der Waals surface area contributed by atoms with Crippen LogP contribution in [-0.4, -0.2) is 41.7 Å². The number of para-hydroxylation sites is 1. The van der Waals surface area contributed by atoms with E-state index in [1.54, 1.807) is 37.4 Å². The van der Waals surface area contributed by atoms with E-state index in [4.69, 9.17) is 0 Å². The topological polar surface area (TPSA) is 92.3 Å². The monoisotopic (exact) mass is 466 g/mol. The third-order valence-electron chi connectivity index (χ3n) is 5.01. The highest BCUT2D eigenvalue weighted by atomic mass is 32.2. The van der Waals surface area contributed by atoms with E-state index >= 15 is 0 Å². The van der Waals surface area contributed by atoms with E-state index in [1.807, 2.05) is 30.3 Å². The van der Waals surface area contributed by atoms with Gasteiger partial charge in [0.1, 0.15) is 10.8 Å². The SMILES string of the molecule is CCN(CC)S(=O)(=O)c1ccc(C(=O)Nc2ccc(-c3nc4ccccc4s3)cn2)cc1. The average molecular weight is 467 g/mol. The first-order valence-corrected chi connectivity index (χ1v) is 12.4. The quantitative estimate of drug-likeness (QED) is 0.428. The number of amides is 1. The number of benzene rings is 2. The largest absolute Gasteiger partial charge is 0.307 e. The molecule has 32 heavy (non-hydrogen) atoms. The number of pyridine rings is 1. The molecule has 0 bridgehead atoms. The van der Waals surface area contributed by atoms with Gasteiger partial charge < -0.3 is 5.32 Å². The molecular formula is C23H22N4O3S2. The maximum absolute atomic E-state index is 12.6. The van der Waals surface area contributed by atoms with Gasteiger partial charge in [-0.25, -0.2) is 18.4 Å². The molecule has 0 saturated carbocycles. The van der Waals surface area contributed by atoms with Crippen LogP contribution in [0.3, 0.4) is 0 Å². The lowest BCUT2D eigenvalue weighted by atomic mass is 10.2. The van der Waals surface area contributed by atoms with Gasteiger partial charge in [-0.15, -0.1) is 11.3 Å². The number of thiazole rings is 1. The molecule has 7 nitrogen and oxygen atoms in total. The molecule has 1 amide bonds. The Morgan fingerprint density at radius 1 is 1.00 bits per heavy atom. The standard InChI is InChI=1S/C23H22N4O3S2/c1-3-27(4-2)32(29,30)18-12-9-16(10-13-18)22(28)26-21-14-11-17(15-24-21)23-25-19-7-5-6-8-20(19)31-23/h5-15H,3-4H2,1-2H3,(H,24,26,28). The molecule has 4 aromatic rings. The van der Waals surface area contributed by atoms with Crippen molar-refractivity contribution in [3.05, 3.63) is 72.4 Å². The average Bonchev–Trinajstić information content (AvgIpc) is 3.24. The maximum Gasteiger partial charge on any atom is 0.256 e. The van der Waals surface area contributed by atoms with Gasteiger partial charge >= 0.3 is 0 Å². The van der Waals surface area contributed by atoms with Crippen molar-refractivity contribution in [1.82, 2.24) is 14.3 Å². The summed E-state index contributed by atoms with van der Waals surface area (Å²) in [4.78, 5) is 21.7. The molecule has 0 fully saturated rings. The van der Waals surface area contributed by atoms with E-state index in [2.05, 4.69) is 15.3 Å². The van der Waals surface area contributed by atoms with Crippen LogP contribution in [0, 0.1) is 0 Å². The number of hydrogen-bond donors (Lipinski definition) is 1. The zero-order valence-electron chi connectivity index (χ0n) is 17.6.